The number of rotatable bonds is 8. The van der Waals surface area contributed by atoms with Gasteiger partial charge in [0.25, 0.3) is 5.91 Å². The van der Waals surface area contributed by atoms with Gasteiger partial charge in [0.1, 0.15) is 5.54 Å². The Morgan fingerprint density at radius 3 is 2.70 bits per heavy atom. The van der Waals surface area contributed by atoms with E-state index < -0.39 is 5.54 Å². The number of hydrogen-bond acceptors (Lipinski definition) is 3. The number of aromatic nitrogens is 1. The number of nitrogens with one attached hydrogen (secondary N) is 4. The monoisotopic (exact) mass is 412 g/mol. The van der Waals surface area contributed by atoms with Crippen molar-refractivity contribution in [3.63, 3.8) is 0 Å². The SMILES string of the molecule is CCC1(C)NC(=O)N(CCCNC(=NC)NCCc2c[nH]c3c(C)cccc23)C1=O. The predicted octanol–water partition coefficient (Wildman–Crippen LogP) is 2.29. The van der Waals surface area contributed by atoms with Gasteiger partial charge in [-0.2, -0.15) is 0 Å². The van der Waals surface area contributed by atoms with Crippen molar-refractivity contribution in [2.75, 3.05) is 26.7 Å². The fourth-order valence-electron chi connectivity index (χ4n) is 3.74. The van der Waals surface area contributed by atoms with Crippen molar-refractivity contribution in [2.45, 2.75) is 45.6 Å². The lowest BCUT2D eigenvalue weighted by molar-refractivity contribution is -0.130. The first kappa shape index (κ1) is 21.7. The van der Waals surface area contributed by atoms with Crippen LogP contribution in [0, 0.1) is 6.92 Å². The molecule has 1 aliphatic rings. The Balaban J connectivity index is 1.42. The molecule has 2 aromatic rings. The molecule has 1 fully saturated rings. The maximum absolute atomic E-state index is 12.4. The van der Waals surface area contributed by atoms with Crippen LogP contribution in [0.15, 0.2) is 29.4 Å². The highest BCUT2D eigenvalue weighted by Gasteiger charge is 2.45. The lowest BCUT2D eigenvalue weighted by Gasteiger charge is -2.19. The lowest BCUT2D eigenvalue weighted by Crippen LogP contribution is -2.43. The minimum Gasteiger partial charge on any atom is -0.361 e. The molecule has 1 aliphatic heterocycles. The summed E-state index contributed by atoms with van der Waals surface area (Å²) in [7, 11) is 1.73. The topological polar surface area (TPSA) is 102 Å². The van der Waals surface area contributed by atoms with Crippen molar-refractivity contribution in [3.8, 4) is 0 Å². The maximum atomic E-state index is 12.4. The number of nitrogens with zero attached hydrogens (tertiary/aromatic N) is 2. The zero-order valence-electron chi connectivity index (χ0n) is 18.3. The normalized spacial score (nSPS) is 19.5. The van der Waals surface area contributed by atoms with E-state index in [0.29, 0.717) is 31.9 Å². The Bertz CT molecular complexity index is 950. The molecule has 8 nitrogen and oxygen atoms in total. The first-order valence-electron chi connectivity index (χ1n) is 10.5. The molecule has 1 aromatic heterocycles. The van der Waals surface area contributed by atoms with E-state index in [0.717, 1.165) is 13.0 Å². The molecule has 8 heteroatoms. The average Bonchev–Trinajstić information content (AvgIpc) is 3.24. The molecule has 1 saturated heterocycles. The quantitative estimate of drug-likeness (QED) is 0.231. The molecule has 3 rings (SSSR count). The highest BCUT2D eigenvalue weighted by molar-refractivity contribution is 6.06. The van der Waals surface area contributed by atoms with Crippen LogP contribution in [0.25, 0.3) is 10.9 Å². The summed E-state index contributed by atoms with van der Waals surface area (Å²) in [4.78, 5) is 33.4. The van der Waals surface area contributed by atoms with E-state index in [-0.39, 0.29) is 11.9 Å². The van der Waals surface area contributed by atoms with Gasteiger partial charge in [0.05, 0.1) is 0 Å². The molecule has 2 heterocycles. The van der Waals surface area contributed by atoms with Crippen LogP contribution < -0.4 is 16.0 Å². The smallest absolute Gasteiger partial charge is 0.325 e. The van der Waals surface area contributed by atoms with Crippen LogP contribution in [0.5, 0.6) is 0 Å². The van der Waals surface area contributed by atoms with E-state index >= 15 is 0 Å². The molecule has 0 spiro atoms. The number of aliphatic imine (C=N–C) groups is 1. The van der Waals surface area contributed by atoms with E-state index in [1.54, 1.807) is 14.0 Å². The Morgan fingerprint density at radius 2 is 2.00 bits per heavy atom. The largest absolute Gasteiger partial charge is 0.361 e. The molecular weight excluding hydrogens is 380 g/mol. The van der Waals surface area contributed by atoms with Crippen LogP contribution in [0.4, 0.5) is 4.79 Å². The van der Waals surface area contributed by atoms with Crippen molar-refractivity contribution < 1.29 is 9.59 Å². The van der Waals surface area contributed by atoms with E-state index in [1.165, 1.54) is 26.9 Å². The second-order valence-electron chi connectivity index (χ2n) is 7.91. The number of carbonyl (C=O) groups is 2. The molecule has 1 unspecified atom stereocenters. The summed E-state index contributed by atoms with van der Waals surface area (Å²) < 4.78 is 0. The molecule has 30 heavy (non-hydrogen) atoms. The molecular formula is C22H32N6O2. The number of benzene rings is 1. The predicted molar refractivity (Wildman–Crippen MR) is 120 cm³/mol. The number of carbonyl (C=O) groups excluding carboxylic acids is 2. The third-order valence-electron chi connectivity index (χ3n) is 5.82. The number of amides is 3. The third-order valence-corrected chi connectivity index (χ3v) is 5.82. The van der Waals surface area contributed by atoms with Gasteiger partial charge >= 0.3 is 6.03 Å². The number of para-hydroxylation sites is 1. The number of urea groups is 1. The summed E-state index contributed by atoms with van der Waals surface area (Å²) in [6.45, 7) is 7.53. The van der Waals surface area contributed by atoms with Gasteiger partial charge in [-0.3, -0.25) is 14.7 Å². The molecule has 0 saturated carbocycles. The summed E-state index contributed by atoms with van der Waals surface area (Å²) in [5, 5.41) is 10.6. The minimum atomic E-state index is -0.775. The Morgan fingerprint density at radius 1 is 1.23 bits per heavy atom. The minimum absolute atomic E-state index is 0.147. The fourth-order valence-corrected chi connectivity index (χ4v) is 3.74. The van der Waals surface area contributed by atoms with Crippen molar-refractivity contribution >= 4 is 28.8 Å². The van der Waals surface area contributed by atoms with E-state index in [1.807, 2.05) is 6.92 Å². The van der Waals surface area contributed by atoms with Crippen LogP contribution in [0.2, 0.25) is 0 Å². The number of fused-ring (bicyclic) bond motifs is 1. The summed E-state index contributed by atoms with van der Waals surface area (Å²) >= 11 is 0. The van der Waals surface area contributed by atoms with Gasteiger partial charge in [-0.1, -0.05) is 25.1 Å². The molecule has 1 aromatic carbocycles. The van der Waals surface area contributed by atoms with Crippen LogP contribution in [0.3, 0.4) is 0 Å². The Kier molecular flexibility index (Phi) is 6.64. The number of aryl methyl sites for hydroxylation is 1. The Hall–Kier alpha value is -3.03. The van der Waals surface area contributed by atoms with Crippen molar-refractivity contribution in [3.05, 3.63) is 35.5 Å². The molecule has 1 atom stereocenters. The first-order chi connectivity index (χ1) is 14.4. The number of hydrogen-bond donors (Lipinski definition) is 4. The van der Waals surface area contributed by atoms with Crippen LogP contribution in [0.1, 0.15) is 37.8 Å². The average molecular weight is 413 g/mol. The highest BCUT2D eigenvalue weighted by Crippen LogP contribution is 2.22. The van der Waals surface area contributed by atoms with Gasteiger partial charge in [0, 0.05) is 43.8 Å². The van der Waals surface area contributed by atoms with Gasteiger partial charge < -0.3 is 20.9 Å². The van der Waals surface area contributed by atoms with Gasteiger partial charge in [0.2, 0.25) is 0 Å². The standard InChI is InChI=1S/C22H32N6O2/c1-5-22(3)19(29)28(21(30)27-22)13-7-11-24-20(23-4)25-12-10-16-14-26-18-15(2)8-6-9-17(16)18/h6,8-9,14,26H,5,7,10-13H2,1-4H3,(H,27,30)(H2,23,24,25). The summed E-state index contributed by atoms with van der Waals surface area (Å²) in [5.41, 5.74) is 2.93. The Labute approximate surface area is 177 Å². The number of imide groups is 1. The highest BCUT2D eigenvalue weighted by atomic mass is 16.2. The van der Waals surface area contributed by atoms with Crippen molar-refractivity contribution in [1.29, 1.82) is 0 Å². The summed E-state index contributed by atoms with van der Waals surface area (Å²) in [5.74, 6) is 0.563. The van der Waals surface area contributed by atoms with Crippen molar-refractivity contribution in [2.24, 2.45) is 4.99 Å². The van der Waals surface area contributed by atoms with E-state index in [4.69, 9.17) is 0 Å². The molecule has 0 bridgehead atoms. The first-order valence-corrected chi connectivity index (χ1v) is 10.5. The zero-order chi connectivity index (χ0) is 21.7. The number of guanidine groups is 1. The van der Waals surface area contributed by atoms with Crippen LogP contribution >= 0.6 is 0 Å². The molecule has 4 N–H and O–H groups in total. The number of H-pyrrole nitrogens is 1. The van der Waals surface area contributed by atoms with Gasteiger partial charge in [-0.15, -0.1) is 0 Å². The molecule has 0 radical (unpaired) electrons. The summed E-state index contributed by atoms with van der Waals surface area (Å²) in [6.07, 6.45) is 4.18. The maximum Gasteiger partial charge on any atom is 0.325 e. The van der Waals surface area contributed by atoms with Crippen LogP contribution in [-0.4, -0.2) is 60.0 Å². The van der Waals surface area contributed by atoms with Gasteiger partial charge in [0.15, 0.2) is 5.96 Å². The fraction of sp³-hybridized carbons (Fsp3) is 0.500. The third kappa shape index (κ3) is 4.42. The van der Waals surface area contributed by atoms with Gasteiger partial charge in [-0.25, -0.2) is 4.79 Å². The molecule has 0 aliphatic carbocycles. The van der Waals surface area contributed by atoms with E-state index in [9.17, 15) is 9.59 Å². The zero-order valence-corrected chi connectivity index (χ0v) is 18.3. The van der Waals surface area contributed by atoms with Crippen molar-refractivity contribution in [1.82, 2.24) is 25.8 Å². The number of aromatic amines is 1. The van der Waals surface area contributed by atoms with Crippen LogP contribution in [-0.2, 0) is 11.2 Å². The second-order valence-corrected chi connectivity index (χ2v) is 7.91. The molecule has 3 amide bonds. The second kappa shape index (κ2) is 9.19. The van der Waals surface area contributed by atoms with E-state index in [2.05, 4.69) is 57.2 Å². The lowest BCUT2D eigenvalue weighted by atomic mass is 9.99. The molecule has 162 valence electrons. The summed E-state index contributed by atoms with van der Waals surface area (Å²) in [6, 6.07) is 6.02. The van der Waals surface area contributed by atoms with Gasteiger partial charge in [-0.05, 0) is 44.2 Å².